The summed E-state index contributed by atoms with van der Waals surface area (Å²) in [5, 5.41) is 20.3. The van der Waals surface area contributed by atoms with E-state index in [0.717, 1.165) is 32.1 Å². The van der Waals surface area contributed by atoms with Crippen molar-refractivity contribution in [2.45, 2.75) is 65.4 Å². The molecule has 23 heavy (non-hydrogen) atoms. The van der Waals surface area contributed by atoms with Gasteiger partial charge >= 0.3 is 5.97 Å². The molecule has 0 unspecified atom stereocenters. The molecule has 0 spiro atoms. The first-order chi connectivity index (χ1) is 10.7. The Morgan fingerprint density at radius 1 is 1.30 bits per heavy atom. The summed E-state index contributed by atoms with van der Waals surface area (Å²) in [6.45, 7) is 10.3. The fourth-order valence-corrected chi connectivity index (χ4v) is 5.81. The van der Waals surface area contributed by atoms with Gasteiger partial charge in [-0.15, -0.1) is 6.58 Å². The molecule has 3 heteroatoms. The third-order valence-electron chi connectivity index (χ3n) is 7.59. The van der Waals surface area contributed by atoms with Crippen molar-refractivity contribution in [1.82, 2.24) is 0 Å². The van der Waals surface area contributed by atoms with Gasteiger partial charge < -0.3 is 10.2 Å². The summed E-state index contributed by atoms with van der Waals surface area (Å²) >= 11 is 0. The highest BCUT2D eigenvalue weighted by Gasteiger charge is 2.61. The molecule has 0 radical (unpaired) electrons. The zero-order valence-corrected chi connectivity index (χ0v) is 14.6. The van der Waals surface area contributed by atoms with Crippen molar-refractivity contribution >= 4 is 5.97 Å². The lowest BCUT2D eigenvalue weighted by atomic mass is 9.45. The Bertz CT molecular complexity index is 565. The number of fused-ring (bicyclic) bond motifs is 3. The Morgan fingerprint density at radius 2 is 2.00 bits per heavy atom. The van der Waals surface area contributed by atoms with E-state index in [0.29, 0.717) is 12.3 Å². The molecule has 0 aromatic heterocycles. The van der Waals surface area contributed by atoms with E-state index >= 15 is 0 Å². The van der Waals surface area contributed by atoms with Crippen LogP contribution in [0.4, 0.5) is 0 Å². The summed E-state index contributed by atoms with van der Waals surface area (Å²) < 4.78 is 0. The van der Waals surface area contributed by atoms with Gasteiger partial charge in [0.2, 0.25) is 0 Å². The topological polar surface area (TPSA) is 57.5 Å². The van der Waals surface area contributed by atoms with Gasteiger partial charge in [0.25, 0.3) is 0 Å². The molecule has 0 aromatic rings. The Labute approximate surface area is 139 Å². The first-order valence-electron chi connectivity index (χ1n) is 8.91. The highest BCUT2D eigenvalue weighted by Crippen LogP contribution is 2.63. The van der Waals surface area contributed by atoms with E-state index in [1.54, 1.807) is 6.92 Å². The van der Waals surface area contributed by atoms with Crippen molar-refractivity contribution in [2.75, 3.05) is 0 Å². The molecule has 6 atom stereocenters. The Morgan fingerprint density at radius 3 is 2.61 bits per heavy atom. The first kappa shape index (κ1) is 16.8. The van der Waals surface area contributed by atoms with Crippen molar-refractivity contribution in [1.29, 1.82) is 0 Å². The molecule has 0 bridgehead atoms. The zero-order valence-electron chi connectivity index (χ0n) is 14.6. The van der Waals surface area contributed by atoms with Crippen LogP contribution in [0.5, 0.6) is 0 Å². The summed E-state index contributed by atoms with van der Waals surface area (Å²) in [6, 6.07) is 0. The lowest BCUT2D eigenvalue weighted by Crippen LogP contribution is -2.59. The van der Waals surface area contributed by atoms with E-state index in [-0.39, 0.29) is 16.7 Å². The van der Waals surface area contributed by atoms with Crippen LogP contribution in [0.1, 0.15) is 59.3 Å². The number of aliphatic carboxylic acids is 1. The largest absolute Gasteiger partial charge is 0.481 e. The fraction of sp³-hybridized carbons (Fsp3) is 0.750. The van der Waals surface area contributed by atoms with E-state index in [2.05, 4.69) is 32.6 Å². The predicted molar refractivity (Wildman–Crippen MR) is 90.9 cm³/mol. The average Bonchev–Trinajstić information content (AvgIpc) is 2.51. The highest BCUT2D eigenvalue weighted by molar-refractivity contribution is 5.76. The van der Waals surface area contributed by atoms with E-state index in [9.17, 15) is 15.0 Å². The van der Waals surface area contributed by atoms with E-state index in [1.807, 2.05) is 0 Å². The number of hydrogen-bond donors (Lipinski definition) is 2. The molecule has 2 N–H and O–H groups in total. The number of carboxylic acids is 1. The van der Waals surface area contributed by atoms with E-state index < -0.39 is 17.5 Å². The smallest absolute Gasteiger partial charge is 0.312 e. The molecule has 3 nitrogen and oxygen atoms in total. The second kappa shape index (κ2) is 5.20. The predicted octanol–water partition coefficient (Wildman–Crippen LogP) is 4.18. The molecular weight excluding hydrogens is 288 g/mol. The van der Waals surface area contributed by atoms with Gasteiger partial charge in [0.1, 0.15) is 0 Å². The molecule has 3 aliphatic carbocycles. The van der Waals surface area contributed by atoms with Gasteiger partial charge in [0, 0.05) is 0 Å². The van der Waals surface area contributed by atoms with Crippen LogP contribution in [0.3, 0.4) is 0 Å². The van der Waals surface area contributed by atoms with Crippen molar-refractivity contribution in [3.8, 4) is 0 Å². The summed E-state index contributed by atoms with van der Waals surface area (Å²) in [6.07, 6.45) is 9.20. The zero-order chi connectivity index (χ0) is 17.0. The van der Waals surface area contributed by atoms with Gasteiger partial charge in [-0.3, -0.25) is 4.79 Å². The Balaban J connectivity index is 2.00. The number of aliphatic hydroxyl groups excluding tert-OH is 1. The number of aliphatic hydroxyl groups is 1. The maximum Gasteiger partial charge on any atom is 0.312 e. The number of carbonyl (C=O) groups is 1. The van der Waals surface area contributed by atoms with Crippen LogP contribution in [-0.2, 0) is 4.79 Å². The minimum Gasteiger partial charge on any atom is -0.481 e. The van der Waals surface area contributed by atoms with Gasteiger partial charge in [0.15, 0.2) is 0 Å². The van der Waals surface area contributed by atoms with Crippen molar-refractivity contribution in [3.05, 3.63) is 24.3 Å². The Kier molecular flexibility index (Phi) is 3.79. The van der Waals surface area contributed by atoms with Crippen molar-refractivity contribution < 1.29 is 15.0 Å². The normalized spacial score (nSPS) is 49.6. The summed E-state index contributed by atoms with van der Waals surface area (Å²) in [5.74, 6) is -0.372. The summed E-state index contributed by atoms with van der Waals surface area (Å²) in [5.41, 5.74) is 0.629. The van der Waals surface area contributed by atoms with Crippen LogP contribution in [0.25, 0.3) is 0 Å². The monoisotopic (exact) mass is 318 g/mol. The van der Waals surface area contributed by atoms with Crippen molar-refractivity contribution in [2.24, 2.45) is 28.1 Å². The molecule has 3 aliphatic rings. The average molecular weight is 318 g/mol. The molecule has 0 aromatic carbocycles. The number of allylic oxidation sites excluding steroid dienone is 3. The lowest BCUT2D eigenvalue weighted by Gasteiger charge is -2.59. The molecular formula is C20H30O3. The summed E-state index contributed by atoms with van der Waals surface area (Å²) in [4.78, 5) is 12.0. The maximum absolute atomic E-state index is 12.0. The van der Waals surface area contributed by atoms with Crippen LogP contribution in [0, 0.1) is 28.1 Å². The molecule has 0 saturated heterocycles. The van der Waals surface area contributed by atoms with Crippen LogP contribution in [0.15, 0.2) is 24.3 Å². The van der Waals surface area contributed by atoms with Gasteiger partial charge in [-0.2, -0.15) is 0 Å². The lowest BCUT2D eigenvalue weighted by molar-refractivity contribution is -0.181. The molecule has 128 valence electrons. The third kappa shape index (κ3) is 2.23. The van der Waals surface area contributed by atoms with E-state index in [1.165, 1.54) is 5.57 Å². The molecule has 0 aliphatic heterocycles. The molecule has 3 rings (SSSR count). The molecule has 2 saturated carbocycles. The number of carboxylic acid groups (broad SMARTS) is 1. The van der Waals surface area contributed by atoms with Gasteiger partial charge in [-0.1, -0.05) is 31.6 Å². The van der Waals surface area contributed by atoms with Crippen LogP contribution in [0.2, 0.25) is 0 Å². The second-order valence-electron chi connectivity index (χ2n) is 8.84. The molecule has 2 fully saturated rings. The van der Waals surface area contributed by atoms with Crippen LogP contribution in [-0.4, -0.2) is 22.3 Å². The Hall–Kier alpha value is -1.09. The molecule has 0 heterocycles. The SMILES string of the molecule is C=C[C@@]1(C)CC[C@H]2C(=CC[C@@H]3[C@]2(C)CC[C@H](O)[C@@]3(C)C(=O)O)C1. The third-order valence-corrected chi connectivity index (χ3v) is 7.59. The van der Waals surface area contributed by atoms with Gasteiger partial charge in [0.05, 0.1) is 11.5 Å². The van der Waals surface area contributed by atoms with Crippen LogP contribution >= 0.6 is 0 Å². The molecule has 0 amide bonds. The van der Waals surface area contributed by atoms with Gasteiger partial charge in [-0.25, -0.2) is 0 Å². The standard InChI is InChI=1S/C20H30O3/c1-5-18(2)10-8-14-13(12-18)6-7-15-19(14,3)11-9-16(21)20(15,4)17(22)23/h5-6,14-16,21H,1,7-12H2,2-4H3,(H,22,23)/t14-,15+,16-,18-,19+,20-/m0/s1. The maximum atomic E-state index is 12.0. The highest BCUT2D eigenvalue weighted by atomic mass is 16.4. The van der Waals surface area contributed by atoms with Gasteiger partial charge in [-0.05, 0) is 68.1 Å². The minimum atomic E-state index is -1.03. The fourth-order valence-electron chi connectivity index (χ4n) is 5.81. The number of hydrogen-bond acceptors (Lipinski definition) is 2. The quantitative estimate of drug-likeness (QED) is 0.751. The van der Waals surface area contributed by atoms with E-state index in [4.69, 9.17) is 0 Å². The summed E-state index contributed by atoms with van der Waals surface area (Å²) in [7, 11) is 0. The minimum absolute atomic E-state index is 0.0121. The first-order valence-corrected chi connectivity index (χ1v) is 8.91. The van der Waals surface area contributed by atoms with Crippen molar-refractivity contribution in [3.63, 3.8) is 0 Å². The van der Waals surface area contributed by atoms with Crippen LogP contribution < -0.4 is 0 Å². The second-order valence-corrected chi connectivity index (χ2v) is 8.84. The number of rotatable bonds is 2.